The molecule has 0 bridgehead atoms. The lowest BCUT2D eigenvalue weighted by atomic mass is 10.2. The molecule has 0 fully saturated rings. The molecule has 0 saturated heterocycles. The average molecular weight is 287 g/mol. The molecule has 0 amide bonds. The zero-order valence-corrected chi connectivity index (χ0v) is 11.4. The van der Waals surface area contributed by atoms with Gasteiger partial charge in [0.15, 0.2) is 11.9 Å². The van der Waals surface area contributed by atoms with Gasteiger partial charge in [0.2, 0.25) is 0 Å². The molecule has 0 aliphatic heterocycles. The molecule has 0 aliphatic rings. The Morgan fingerprint density at radius 1 is 1.35 bits per heavy atom. The van der Waals surface area contributed by atoms with E-state index in [4.69, 9.17) is 4.74 Å². The van der Waals surface area contributed by atoms with E-state index in [1.54, 1.807) is 25.2 Å². The molecule has 1 atom stereocenters. The third-order valence-electron chi connectivity index (χ3n) is 2.41. The van der Waals surface area contributed by atoms with Crippen LogP contribution in [0.4, 0.5) is 13.2 Å². The van der Waals surface area contributed by atoms with Crippen LogP contribution in [0.25, 0.3) is 0 Å². The van der Waals surface area contributed by atoms with Crippen molar-refractivity contribution >= 4 is 5.78 Å². The fourth-order valence-electron chi connectivity index (χ4n) is 1.37. The summed E-state index contributed by atoms with van der Waals surface area (Å²) in [4.78, 5) is 13.3. The highest BCUT2D eigenvalue weighted by Crippen LogP contribution is 2.31. The highest BCUT2D eigenvalue weighted by molar-refractivity contribution is 5.93. The summed E-state index contributed by atoms with van der Waals surface area (Å²) in [5, 5.41) is 0. The Bertz CT molecular complexity index is 495. The molecule has 20 heavy (non-hydrogen) atoms. The Kier molecular flexibility index (Phi) is 5.19. The van der Waals surface area contributed by atoms with E-state index in [0.717, 1.165) is 12.1 Å². The summed E-state index contributed by atoms with van der Waals surface area (Å²) in [5.41, 5.74) is -0.807. The van der Waals surface area contributed by atoms with Crippen molar-refractivity contribution in [3.63, 3.8) is 0 Å². The maximum absolute atomic E-state index is 12.5. The largest absolute Gasteiger partial charge is 0.483 e. The van der Waals surface area contributed by atoms with E-state index < -0.39 is 17.8 Å². The van der Waals surface area contributed by atoms with Gasteiger partial charge in [-0.2, -0.15) is 13.2 Å². The number of hydrogen-bond donors (Lipinski definition) is 0. The smallest absolute Gasteiger partial charge is 0.416 e. The van der Waals surface area contributed by atoms with Crippen LogP contribution < -0.4 is 4.74 Å². The van der Waals surface area contributed by atoms with Gasteiger partial charge in [-0.3, -0.25) is 4.79 Å². The maximum atomic E-state index is 12.5. The summed E-state index contributed by atoms with van der Waals surface area (Å²) in [6.07, 6.45) is -2.42. The minimum absolute atomic E-state index is 0.0129. The van der Waals surface area contributed by atoms with Crippen molar-refractivity contribution < 1.29 is 22.7 Å². The Balaban J connectivity index is 2.76. The number of rotatable bonds is 5. The van der Waals surface area contributed by atoms with E-state index in [9.17, 15) is 18.0 Å². The van der Waals surface area contributed by atoms with Crippen molar-refractivity contribution in [1.29, 1.82) is 0 Å². The second-order valence-corrected chi connectivity index (χ2v) is 4.47. The third kappa shape index (κ3) is 4.95. The summed E-state index contributed by atoms with van der Waals surface area (Å²) >= 11 is 0. The minimum atomic E-state index is -4.43. The first-order chi connectivity index (χ1) is 9.20. The lowest BCUT2D eigenvalue weighted by Crippen LogP contribution is -2.22. The number of nitrogens with zero attached hydrogens (tertiary/aromatic N) is 1. The molecule has 1 aromatic carbocycles. The fourth-order valence-corrected chi connectivity index (χ4v) is 1.37. The number of ketones is 1. The van der Waals surface area contributed by atoms with E-state index >= 15 is 0 Å². The van der Waals surface area contributed by atoms with Crippen LogP contribution in [0.5, 0.6) is 5.75 Å². The molecule has 0 unspecified atom stereocenters. The van der Waals surface area contributed by atoms with Gasteiger partial charge in [-0.05, 0) is 25.1 Å². The normalized spacial score (nSPS) is 13.3. The number of carbonyl (C=O) groups excluding carboxylic acids is 1. The van der Waals surface area contributed by atoms with Gasteiger partial charge in [0.1, 0.15) is 5.75 Å². The van der Waals surface area contributed by atoms with Crippen molar-refractivity contribution in [3.05, 3.63) is 42.1 Å². The van der Waals surface area contributed by atoms with Crippen molar-refractivity contribution in [1.82, 2.24) is 4.90 Å². The topological polar surface area (TPSA) is 29.5 Å². The van der Waals surface area contributed by atoms with Crippen molar-refractivity contribution in [2.24, 2.45) is 0 Å². The van der Waals surface area contributed by atoms with Gasteiger partial charge >= 0.3 is 6.18 Å². The van der Waals surface area contributed by atoms with Crippen LogP contribution in [-0.4, -0.2) is 30.9 Å². The van der Waals surface area contributed by atoms with Crippen LogP contribution in [0.2, 0.25) is 0 Å². The molecule has 6 heteroatoms. The predicted molar refractivity (Wildman–Crippen MR) is 69.4 cm³/mol. The molecule has 0 radical (unpaired) electrons. The minimum Gasteiger partial charge on any atom is -0.483 e. The van der Waals surface area contributed by atoms with Gasteiger partial charge in [0.25, 0.3) is 0 Å². The first kappa shape index (κ1) is 16.1. The fraction of sp³-hybridized carbons (Fsp3) is 0.357. The average Bonchev–Trinajstić information content (AvgIpc) is 2.35. The zero-order chi connectivity index (χ0) is 15.3. The molecular formula is C14H16F3NO2. The number of hydrogen-bond acceptors (Lipinski definition) is 3. The van der Waals surface area contributed by atoms with Crippen molar-refractivity contribution in [2.45, 2.75) is 19.2 Å². The first-order valence-electron chi connectivity index (χ1n) is 5.92. The highest BCUT2D eigenvalue weighted by atomic mass is 19.4. The van der Waals surface area contributed by atoms with Crippen molar-refractivity contribution in [3.8, 4) is 5.75 Å². The van der Waals surface area contributed by atoms with Crippen LogP contribution in [0, 0.1) is 0 Å². The third-order valence-corrected chi connectivity index (χ3v) is 2.41. The molecule has 0 spiro atoms. The monoisotopic (exact) mass is 287 g/mol. The number of ether oxygens (including phenoxy) is 1. The van der Waals surface area contributed by atoms with E-state index in [1.165, 1.54) is 25.1 Å². The molecule has 1 rings (SSSR count). The molecular weight excluding hydrogens is 271 g/mol. The lowest BCUT2D eigenvalue weighted by Gasteiger charge is -2.14. The van der Waals surface area contributed by atoms with Crippen LogP contribution in [0.1, 0.15) is 12.5 Å². The van der Waals surface area contributed by atoms with Crippen LogP contribution >= 0.6 is 0 Å². The zero-order valence-electron chi connectivity index (χ0n) is 11.4. The van der Waals surface area contributed by atoms with Gasteiger partial charge in [-0.1, -0.05) is 6.07 Å². The summed E-state index contributed by atoms with van der Waals surface area (Å²) in [6.45, 7) is 1.49. The second kappa shape index (κ2) is 6.45. The summed E-state index contributed by atoms with van der Waals surface area (Å²) < 4.78 is 42.8. The van der Waals surface area contributed by atoms with Crippen molar-refractivity contribution in [2.75, 3.05) is 14.1 Å². The molecule has 110 valence electrons. The molecule has 0 N–H and O–H groups in total. The lowest BCUT2D eigenvalue weighted by molar-refractivity contribution is -0.137. The molecule has 0 aromatic heterocycles. The molecule has 1 aromatic rings. The van der Waals surface area contributed by atoms with E-state index in [1.807, 2.05) is 0 Å². The molecule has 0 aliphatic carbocycles. The number of alkyl halides is 3. The summed E-state index contributed by atoms with van der Waals surface area (Å²) in [6, 6.07) is 4.45. The molecule has 0 saturated carbocycles. The Hall–Kier alpha value is -1.98. The Labute approximate surface area is 115 Å². The van der Waals surface area contributed by atoms with Gasteiger partial charge in [-0.25, -0.2) is 0 Å². The van der Waals surface area contributed by atoms with Gasteiger partial charge < -0.3 is 9.64 Å². The van der Waals surface area contributed by atoms with Gasteiger partial charge in [-0.15, -0.1) is 0 Å². The Morgan fingerprint density at radius 2 is 2.00 bits per heavy atom. The maximum Gasteiger partial charge on any atom is 0.416 e. The Morgan fingerprint density at radius 3 is 2.55 bits per heavy atom. The van der Waals surface area contributed by atoms with E-state index in [-0.39, 0.29) is 11.5 Å². The van der Waals surface area contributed by atoms with Crippen LogP contribution in [-0.2, 0) is 11.0 Å². The van der Waals surface area contributed by atoms with E-state index in [2.05, 4.69) is 0 Å². The first-order valence-corrected chi connectivity index (χ1v) is 5.92. The van der Waals surface area contributed by atoms with E-state index in [0.29, 0.717) is 0 Å². The van der Waals surface area contributed by atoms with Gasteiger partial charge in [0.05, 0.1) is 5.56 Å². The highest BCUT2D eigenvalue weighted by Gasteiger charge is 2.30. The summed E-state index contributed by atoms with van der Waals surface area (Å²) in [7, 11) is 3.50. The summed E-state index contributed by atoms with van der Waals surface area (Å²) in [5.74, 6) is -0.310. The SMILES string of the molecule is C[C@H](Oc1cccc(C(F)(F)F)c1)C(=O)/C=C\N(C)C. The van der Waals surface area contributed by atoms with Crippen LogP contribution in [0.3, 0.4) is 0 Å². The number of carbonyl (C=O) groups is 1. The quantitative estimate of drug-likeness (QED) is 0.779. The number of benzene rings is 1. The standard InChI is InChI=1S/C14H16F3NO2/c1-10(13(19)7-8-18(2)3)20-12-6-4-5-11(9-12)14(15,16)17/h4-10H,1-3H3/b8-7-/t10-/m0/s1. The van der Waals surface area contributed by atoms with Crippen LogP contribution in [0.15, 0.2) is 36.5 Å². The number of halogens is 3. The predicted octanol–water partition coefficient (Wildman–Crippen LogP) is 3.12. The molecule has 3 nitrogen and oxygen atoms in total. The molecule has 0 heterocycles. The second-order valence-electron chi connectivity index (χ2n) is 4.47. The van der Waals surface area contributed by atoms with Gasteiger partial charge in [0, 0.05) is 26.4 Å².